The van der Waals surface area contributed by atoms with Crippen molar-refractivity contribution < 1.29 is 23.4 Å². The molecule has 5 heteroatoms. The molecule has 0 heterocycles. The summed E-state index contributed by atoms with van der Waals surface area (Å²) in [4.78, 5) is 11.9. The number of methoxy groups -OCH3 is 1. The van der Waals surface area contributed by atoms with Gasteiger partial charge in [-0.15, -0.1) is 0 Å². The van der Waals surface area contributed by atoms with E-state index in [1.165, 1.54) is 12.1 Å². The second-order valence-corrected chi connectivity index (χ2v) is 4.76. The molecule has 2 rings (SSSR count). The zero-order valence-electron chi connectivity index (χ0n) is 12.7. The second kappa shape index (κ2) is 7.75. The largest absolute Gasteiger partial charge is 0.493 e. The fourth-order valence-corrected chi connectivity index (χ4v) is 2.14. The van der Waals surface area contributed by atoms with Crippen molar-refractivity contribution in [2.45, 2.75) is 13.3 Å². The van der Waals surface area contributed by atoms with Gasteiger partial charge in [0.2, 0.25) is 0 Å². The summed E-state index contributed by atoms with van der Waals surface area (Å²) in [5, 5.41) is 1.36. The number of hydrogen-bond donors (Lipinski definition) is 0. The molecule has 0 unspecified atom stereocenters. The average molecular weight is 306 g/mol. The first-order valence-corrected chi connectivity index (χ1v) is 7.18. The van der Waals surface area contributed by atoms with Crippen LogP contribution in [-0.2, 0) is 9.47 Å². The summed E-state index contributed by atoms with van der Waals surface area (Å²) in [6.45, 7) is 3.06. The normalized spacial score (nSPS) is 10.7. The molecule has 0 saturated carbocycles. The summed E-state index contributed by atoms with van der Waals surface area (Å²) in [5.41, 5.74) is 0.349. The van der Waals surface area contributed by atoms with Crippen molar-refractivity contribution in [2.75, 3.05) is 26.9 Å². The van der Waals surface area contributed by atoms with E-state index in [1.54, 1.807) is 32.2 Å². The minimum absolute atomic E-state index is 0.282. The van der Waals surface area contributed by atoms with Crippen LogP contribution >= 0.6 is 0 Å². The summed E-state index contributed by atoms with van der Waals surface area (Å²) in [6.07, 6.45) is 0.725. The number of rotatable bonds is 7. The Morgan fingerprint density at radius 2 is 2.00 bits per heavy atom. The fraction of sp³-hybridized carbons (Fsp3) is 0.353. The lowest BCUT2D eigenvalue weighted by molar-refractivity contribution is 0.0526. The number of ether oxygens (including phenoxy) is 3. The molecule has 0 radical (unpaired) electrons. The molecule has 0 spiro atoms. The third-order valence-corrected chi connectivity index (χ3v) is 3.14. The van der Waals surface area contributed by atoms with Crippen molar-refractivity contribution in [1.29, 1.82) is 0 Å². The Morgan fingerprint density at radius 3 is 2.73 bits per heavy atom. The minimum atomic E-state index is -0.449. The third kappa shape index (κ3) is 3.95. The number of benzene rings is 2. The Hall–Kier alpha value is -2.14. The highest BCUT2D eigenvalue weighted by atomic mass is 19.1. The number of esters is 1. The van der Waals surface area contributed by atoms with E-state index in [0.29, 0.717) is 29.9 Å². The monoisotopic (exact) mass is 306 g/mol. The predicted molar refractivity (Wildman–Crippen MR) is 81.9 cm³/mol. The summed E-state index contributed by atoms with van der Waals surface area (Å²) in [5.74, 6) is -0.272. The summed E-state index contributed by atoms with van der Waals surface area (Å²) < 4.78 is 29.1. The van der Waals surface area contributed by atoms with Crippen LogP contribution in [0, 0.1) is 5.82 Å². The first kappa shape index (κ1) is 16.2. The number of halogens is 1. The van der Waals surface area contributed by atoms with Gasteiger partial charge >= 0.3 is 5.97 Å². The van der Waals surface area contributed by atoms with Gasteiger partial charge in [-0.2, -0.15) is 0 Å². The maximum atomic E-state index is 13.4. The van der Waals surface area contributed by atoms with Gasteiger partial charge < -0.3 is 14.2 Å². The number of carbonyl (C=O) groups is 1. The molecule has 2 aromatic rings. The van der Waals surface area contributed by atoms with Crippen LogP contribution in [-0.4, -0.2) is 32.9 Å². The molecule has 2 aromatic carbocycles. The molecule has 0 amide bonds. The molecule has 0 N–H and O–H groups in total. The smallest absolute Gasteiger partial charge is 0.338 e. The molecule has 0 bridgehead atoms. The van der Waals surface area contributed by atoms with Gasteiger partial charge in [0.1, 0.15) is 11.6 Å². The van der Waals surface area contributed by atoms with E-state index in [2.05, 4.69) is 0 Å². The molecule has 118 valence electrons. The van der Waals surface area contributed by atoms with Gasteiger partial charge in [0.25, 0.3) is 0 Å². The average Bonchev–Trinajstić information content (AvgIpc) is 2.51. The van der Waals surface area contributed by atoms with Crippen molar-refractivity contribution in [2.24, 2.45) is 0 Å². The Labute approximate surface area is 128 Å². The van der Waals surface area contributed by atoms with Crippen LogP contribution in [0.25, 0.3) is 10.8 Å². The summed E-state index contributed by atoms with van der Waals surface area (Å²) in [7, 11) is 1.62. The van der Waals surface area contributed by atoms with Crippen LogP contribution < -0.4 is 4.74 Å². The molecule has 0 aliphatic rings. The van der Waals surface area contributed by atoms with E-state index in [9.17, 15) is 9.18 Å². The Kier molecular flexibility index (Phi) is 5.72. The molecule has 0 saturated heterocycles. The Balaban J connectivity index is 2.35. The van der Waals surface area contributed by atoms with E-state index in [-0.39, 0.29) is 12.4 Å². The highest BCUT2D eigenvalue weighted by Crippen LogP contribution is 2.29. The highest BCUT2D eigenvalue weighted by molar-refractivity contribution is 5.98. The van der Waals surface area contributed by atoms with Crippen LogP contribution in [0.2, 0.25) is 0 Å². The van der Waals surface area contributed by atoms with Crippen LogP contribution in [0.3, 0.4) is 0 Å². The van der Waals surface area contributed by atoms with Crippen LogP contribution in [0.1, 0.15) is 23.7 Å². The molecule has 0 aliphatic heterocycles. The quantitative estimate of drug-likeness (QED) is 0.579. The lowest BCUT2D eigenvalue weighted by Crippen LogP contribution is -2.06. The van der Waals surface area contributed by atoms with E-state index in [0.717, 1.165) is 11.8 Å². The summed E-state index contributed by atoms with van der Waals surface area (Å²) in [6, 6.07) is 7.63. The Bertz CT molecular complexity index is 654. The van der Waals surface area contributed by atoms with Crippen LogP contribution in [0.4, 0.5) is 4.39 Å². The van der Waals surface area contributed by atoms with Crippen LogP contribution in [0.15, 0.2) is 30.3 Å². The first-order chi connectivity index (χ1) is 10.7. The van der Waals surface area contributed by atoms with Gasteiger partial charge in [0.05, 0.1) is 18.8 Å². The molecule has 22 heavy (non-hydrogen) atoms. The fourth-order valence-electron chi connectivity index (χ4n) is 2.14. The number of fused-ring (bicyclic) bond motifs is 1. The standard InChI is InChI=1S/C17H19FO4/c1-3-21-17(19)13-9-12-10-14(18)5-6-15(12)16(11-13)22-8-4-7-20-2/h5-6,9-11H,3-4,7-8H2,1-2H3. The van der Waals surface area contributed by atoms with Gasteiger partial charge in [-0.05, 0) is 42.6 Å². The molecule has 0 aromatic heterocycles. The van der Waals surface area contributed by atoms with E-state index in [1.807, 2.05) is 0 Å². The van der Waals surface area contributed by atoms with Gasteiger partial charge in [-0.1, -0.05) is 0 Å². The van der Waals surface area contributed by atoms with E-state index >= 15 is 0 Å². The minimum Gasteiger partial charge on any atom is -0.493 e. The Morgan fingerprint density at radius 1 is 1.18 bits per heavy atom. The molecular formula is C17H19FO4. The molecule has 4 nitrogen and oxygen atoms in total. The van der Waals surface area contributed by atoms with Crippen molar-refractivity contribution >= 4 is 16.7 Å². The third-order valence-electron chi connectivity index (χ3n) is 3.14. The van der Waals surface area contributed by atoms with Crippen molar-refractivity contribution in [1.82, 2.24) is 0 Å². The number of hydrogen-bond acceptors (Lipinski definition) is 4. The van der Waals surface area contributed by atoms with Crippen molar-refractivity contribution in [3.05, 3.63) is 41.7 Å². The zero-order chi connectivity index (χ0) is 15.9. The van der Waals surface area contributed by atoms with Gasteiger partial charge in [0, 0.05) is 25.5 Å². The van der Waals surface area contributed by atoms with Gasteiger partial charge in [-0.25, -0.2) is 9.18 Å². The van der Waals surface area contributed by atoms with Gasteiger partial charge in [-0.3, -0.25) is 0 Å². The van der Waals surface area contributed by atoms with Crippen LogP contribution in [0.5, 0.6) is 5.75 Å². The lowest BCUT2D eigenvalue weighted by atomic mass is 10.1. The van der Waals surface area contributed by atoms with Crippen molar-refractivity contribution in [3.63, 3.8) is 0 Å². The molecule has 0 atom stereocenters. The lowest BCUT2D eigenvalue weighted by Gasteiger charge is -2.12. The van der Waals surface area contributed by atoms with E-state index < -0.39 is 5.97 Å². The molecule has 0 fully saturated rings. The molecule has 0 aliphatic carbocycles. The summed E-state index contributed by atoms with van der Waals surface area (Å²) >= 11 is 0. The number of carbonyl (C=O) groups excluding carboxylic acids is 1. The van der Waals surface area contributed by atoms with Gasteiger partial charge in [0.15, 0.2) is 0 Å². The highest BCUT2D eigenvalue weighted by Gasteiger charge is 2.12. The predicted octanol–water partition coefficient (Wildman–Crippen LogP) is 3.57. The second-order valence-electron chi connectivity index (χ2n) is 4.76. The first-order valence-electron chi connectivity index (χ1n) is 7.18. The topological polar surface area (TPSA) is 44.8 Å². The maximum absolute atomic E-state index is 13.4. The van der Waals surface area contributed by atoms with E-state index in [4.69, 9.17) is 14.2 Å². The van der Waals surface area contributed by atoms with Crippen molar-refractivity contribution in [3.8, 4) is 5.75 Å². The SMILES string of the molecule is CCOC(=O)c1cc(OCCCOC)c2ccc(F)cc2c1. The molecular weight excluding hydrogens is 287 g/mol. The zero-order valence-corrected chi connectivity index (χ0v) is 12.7. The maximum Gasteiger partial charge on any atom is 0.338 e.